The summed E-state index contributed by atoms with van der Waals surface area (Å²) in [6.45, 7) is 0.346. The van der Waals surface area contributed by atoms with E-state index < -0.39 is 0 Å². The van der Waals surface area contributed by atoms with Gasteiger partial charge in [-0.25, -0.2) is 4.68 Å². The van der Waals surface area contributed by atoms with Gasteiger partial charge in [0.2, 0.25) is 5.91 Å². The van der Waals surface area contributed by atoms with Crippen LogP contribution in [-0.2, 0) is 17.9 Å². The lowest BCUT2D eigenvalue weighted by atomic mass is 10.1. The van der Waals surface area contributed by atoms with Gasteiger partial charge in [0.05, 0.1) is 17.6 Å². The summed E-state index contributed by atoms with van der Waals surface area (Å²) in [7, 11) is 0. The molecule has 0 saturated carbocycles. The fourth-order valence-corrected chi connectivity index (χ4v) is 3.55. The summed E-state index contributed by atoms with van der Waals surface area (Å²) in [5.74, 6) is 3.07. The molecule has 0 radical (unpaired) electrons. The van der Waals surface area contributed by atoms with Crippen molar-refractivity contribution in [2.24, 2.45) is 0 Å². The third-order valence-corrected chi connectivity index (χ3v) is 4.99. The van der Waals surface area contributed by atoms with Crippen LogP contribution in [-0.4, -0.2) is 21.4 Å². The first-order valence-electron chi connectivity index (χ1n) is 8.56. The van der Waals surface area contributed by atoms with Crippen molar-refractivity contribution < 1.29 is 4.79 Å². The highest BCUT2D eigenvalue weighted by Gasteiger charge is 2.11. The van der Waals surface area contributed by atoms with E-state index in [-0.39, 0.29) is 24.6 Å². The Morgan fingerprint density at radius 3 is 2.56 bits per heavy atom. The molecule has 0 bridgehead atoms. The summed E-state index contributed by atoms with van der Waals surface area (Å²) in [5.41, 5.74) is 0.405. The third-order valence-electron chi connectivity index (χ3n) is 3.98. The number of fused-ring (bicyclic) bond motifs is 1. The molecule has 0 saturated heterocycles. The van der Waals surface area contributed by atoms with Gasteiger partial charge in [-0.15, -0.1) is 18.2 Å². The summed E-state index contributed by atoms with van der Waals surface area (Å²) < 4.78 is 1.26. The molecule has 1 heterocycles. The maximum Gasteiger partial charge on any atom is 0.275 e. The van der Waals surface area contributed by atoms with Crippen LogP contribution >= 0.6 is 11.8 Å². The molecule has 1 N–H and O–H groups in total. The Labute approximate surface area is 161 Å². The smallest absolute Gasteiger partial charge is 0.275 e. The van der Waals surface area contributed by atoms with Gasteiger partial charge in [-0.05, 0) is 18.2 Å². The molecule has 5 nitrogen and oxygen atoms in total. The van der Waals surface area contributed by atoms with Gasteiger partial charge in [0.25, 0.3) is 5.56 Å². The van der Waals surface area contributed by atoms with Gasteiger partial charge >= 0.3 is 0 Å². The number of terminal acetylenes is 1. The van der Waals surface area contributed by atoms with E-state index in [0.29, 0.717) is 23.3 Å². The van der Waals surface area contributed by atoms with Crippen LogP contribution in [0.1, 0.15) is 12.1 Å². The Morgan fingerprint density at radius 1 is 1.11 bits per heavy atom. The fourth-order valence-electron chi connectivity index (χ4n) is 2.68. The van der Waals surface area contributed by atoms with Crippen molar-refractivity contribution in [1.82, 2.24) is 15.1 Å². The van der Waals surface area contributed by atoms with Crippen LogP contribution in [0.2, 0.25) is 0 Å². The van der Waals surface area contributed by atoms with Crippen molar-refractivity contribution in [2.45, 2.75) is 24.4 Å². The first-order valence-corrected chi connectivity index (χ1v) is 9.54. The lowest BCUT2D eigenvalue weighted by Gasteiger charge is -2.10. The highest BCUT2D eigenvalue weighted by Crippen LogP contribution is 2.18. The van der Waals surface area contributed by atoms with Crippen molar-refractivity contribution in [2.75, 3.05) is 5.75 Å². The van der Waals surface area contributed by atoms with Gasteiger partial charge in [-0.1, -0.05) is 42.3 Å². The van der Waals surface area contributed by atoms with Crippen LogP contribution in [0, 0.1) is 12.3 Å². The van der Waals surface area contributed by atoms with Crippen LogP contribution in [0.5, 0.6) is 0 Å². The monoisotopic (exact) mass is 377 g/mol. The maximum atomic E-state index is 12.4. The highest BCUT2D eigenvalue weighted by molar-refractivity contribution is 7.99. The number of hydrogen-bond donors (Lipinski definition) is 1. The average Bonchev–Trinajstić information content (AvgIpc) is 2.70. The van der Waals surface area contributed by atoms with Crippen LogP contribution in [0.3, 0.4) is 0 Å². The summed E-state index contributed by atoms with van der Waals surface area (Å²) in [6, 6.07) is 17.2. The molecule has 6 heteroatoms. The largest absolute Gasteiger partial charge is 0.350 e. The molecule has 27 heavy (non-hydrogen) atoms. The van der Waals surface area contributed by atoms with Gasteiger partial charge in [0.15, 0.2) is 0 Å². The van der Waals surface area contributed by atoms with Gasteiger partial charge in [-0.2, -0.15) is 5.10 Å². The van der Waals surface area contributed by atoms with Crippen LogP contribution < -0.4 is 10.9 Å². The third kappa shape index (κ3) is 4.78. The number of carbonyl (C=O) groups excluding carboxylic acids is 1. The molecule has 0 aliphatic heterocycles. The van der Waals surface area contributed by atoms with Crippen molar-refractivity contribution in [3.63, 3.8) is 0 Å². The van der Waals surface area contributed by atoms with Crippen molar-refractivity contribution in [1.29, 1.82) is 0 Å². The number of nitrogens with one attached hydrogen (secondary N) is 1. The second kappa shape index (κ2) is 9.06. The Kier molecular flexibility index (Phi) is 6.29. The second-order valence-corrected chi connectivity index (χ2v) is 7.02. The minimum atomic E-state index is -0.224. The van der Waals surface area contributed by atoms with Gasteiger partial charge in [0, 0.05) is 22.5 Å². The van der Waals surface area contributed by atoms with E-state index in [0.717, 1.165) is 10.3 Å². The molecule has 1 amide bonds. The predicted octanol–water partition coefficient (Wildman–Crippen LogP) is 2.83. The zero-order valence-corrected chi connectivity index (χ0v) is 15.5. The highest BCUT2D eigenvalue weighted by atomic mass is 32.2. The maximum absolute atomic E-state index is 12.4. The zero-order chi connectivity index (χ0) is 19.1. The molecule has 2 aromatic carbocycles. The summed E-state index contributed by atoms with van der Waals surface area (Å²) in [6.07, 6.45) is 5.73. The number of benzene rings is 2. The number of thioether (sulfide) groups is 1. The number of amides is 1. The Morgan fingerprint density at radius 2 is 1.81 bits per heavy atom. The Hall–Kier alpha value is -3.04. The molecule has 3 rings (SSSR count). The number of hydrogen-bond acceptors (Lipinski definition) is 4. The lowest BCUT2D eigenvalue weighted by molar-refractivity contribution is -0.120. The standard InChI is InChI=1S/C21H19N3O2S/c1-2-13-24-21(26)18-11-7-6-10-17(18)19(23-24)15-22-20(25)12-14-27-16-8-4-3-5-9-16/h1,3-11H,12-15H2,(H,22,25). The summed E-state index contributed by atoms with van der Waals surface area (Å²) >= 11 is 1.64. The number of rotatable bonds is 7. The van der Waals surface area contributed by atoms with Crippen molar-refractivity contribution in [3.05, 3.63) is 70.6 Å². The fraction of sp³-hybridized carbons (Fsp3) is 0.190. The number of aromatic nitrogens is 2. The van der Waals surface area contributed by atoms with Crippen molar-refractivity contribution >= 4 is 28.4 Å². The van der Waals surface area contributed by atoms with Crippen LogP contribution in [0.4, 0.5) is 0 Å². The molecule has 0 fully saturated rings. The van der Waals surface area contributed by atoms with E-state index in [1.165, 1.54) is 4.68 Å². The zero-order valence-electron chi connectivity index (χ0n) is 14.7. The molecule has 0 aliphatic rings. The lowest BCUT2D eigenvalue weighted by Crippen LogP contribution is -2.28. The van der Waals surface area contributed by atoms with E-state index in [2.05, 4.69) is 16.3 Å². The summed E-state index contributed by atoms with van der Waals surface area (Å²) in [4.78, 5) is 25.7. The van der Waals surface area contributed by atoms with E-state index in [4.69, 9.17) is 6.42 Å². The molecule has 0 spiro atoms. The average molecular weight is 377 g/mol. The van der Waals surface area contributed by atoms with E-state index >= 15 is 0 Å². The predicted molar refractivity (Wildman–Crippen MR) is 108 cm³/mol. The van der Waals surface area contributed by atoms with Crippen molar-refractivity contribution in [3.8, 4) is 12.3 Å². The van der Waals surface area contributed by atoms with E-state index in [1.807, 2.05) is 42.5 Å². The topological polar surface area (TPSA) is 64.0 Å². The van der Waals surface area contributed by atoms with E-state index in [9.17, 15) is 9.59 Å². The number of nitrogens with zero attached hydrogens (tertiary/aromatic N) is 2. The molecule has 136 valence electrons. The molecule has 3 aromatic rings. The SMILES string of the molecule is C#CCn1nc(CNC(=O)CCSc2ccccc2)c2ccccc2c1=O. The van der Waals surface area contributed by atoms with Gasteiger partial charge < -0.3 is 5.32 Å². The first kappa shape index (κ1) is 18.7. The van der Waals surface area contributed by atoms with Gasteiger partial charge in [-0.3, -0.25) is 9.59 Å². The molecule has 0 unspecified atom stereocenters. The van der Waals surface area contributed by atoms with E-state index in [1.54, 1.807) is 23.9 Å². The minimum absolute atomic E-state index is 0.0565. The quantitative estimate of drug-likeness (QED) is 0.508. The minimum Gasteiger partial charge on any atom is -0.350 e. The Bertz CT molecular complexity index is 1040. The molecular weight excluding hydrogens is 358 g/mol. The second-order valence-electron chi connectivity index (χ2n) is 5.85. The van der Waals surface area contributed by atoms with Gasteiger partial charge in [0.1, 0.15) is 6.54 Å². The molecule has 1 aromatic heterocycles. The molecular formula is C21H19N3O2S. The Balaban J connectivity index is 1.66. The molecule has 0 atom stereocenters. The normalized spacial score (nSPS) is 10.5. The molecule has 0 aliphatic carbocycles. The summed E-state index contributed by atoms with van der Waals surface area (Å²) in [5, 5.41) is 8.50. The van der Waals surface area contributed by atoms with Crippen LogP contribution in [0.25, 0.3) is 10.8 Å². The van der Waals surface area contributed by atoms with Crippen LogP contribution in [0.15, 0.2) is 64.3 Å². The first-order chi connectivity index (χ1) is 13.2. The number of carbonyl (C=O) groups is 1.